The van der Waals surface area contributed by atoms with Gasteiger partial charge in [-0.15, -0.1) is 5.10 Å². The van der Waals surface area contributed by atoms with E-state index in [9.17, 15) is 13.2 Å². The quantitative estimate of drug-likeness (QED) is 0.369. The van der Waals surface area contributed by atoms with Gasteiger partial charge in [0.15, 0.2) is 21.3 Å². The molecule has 0 fully saturated rings. The first-order chi connectivity index (χ1) is 16.6. The van der Waals surface area contributed by atoms with Crippen molar-refractivity contribution in [3.8, 4) is 11.3 Å². The highest BCUT2D eigenvalue weighted by molar-refractivity contribution is 7.90. The van der Waals surface area contributed by atoms with Crippen molar-refractivity contribution in [2.75, 3.05) is 12.0 Å². The zero-order valence-corrected chi connectivity index (χ0v) is 20.2. The number of aromatic nitrogens is 5. The predicted molar refractivity (Wildman–Crippen MR) is 132 cm³/mol. The van der Waals surface area contributed by atoms with Gasteiger partial charge in [0.2, 0.25) is 0 Å². The molecule has 0 aliphatic carbocycles. The van der Waals surface area contributed by atoms with Gasteiger partial charge in [-0.3, -0.25) is 9.20 Å². The highest BCUT2D eigenvalue weighted by Crippen LogP contribution is 2.37. The Bertz CT molecular complexity index is 1740. The smallest absolute Gasteiger partial charge is 0.256 e. The summed E-state index contributed by atoms with van der Waals surface area (Å²) in [5.41, 5.74) is 15.4. The van der Waals surface area contributed by atoms with Crippen LogP contribution in [0.4, 0.5) is 5.82 Å². The van der Waals surface area contributed by atoms with Gasteiger partial charge in [-0.25, -0.2) is 22.9 Å². The molecule has 0 spiro atoms. The molecular weight excluding hydrogens is 490 g/mol. The summed E-state index contributed by atoms with van der Waals surface area (Å²) in [6.45, 7) is 1.95. The van der Waals surface area contributed by atoms with Gasteiger partial charge in [0.25, 0.3) is 5.91 Å². The van der Waals surface area contributed by atoms with E-state index >= 15 is 0 Å². The molecule has 1 amide bonds. The summed E-state index contributed by atoms with van der Waals surface area (Å²) in [5.74, 6) is -1.01. The van der Waals surface area contributed by atoms with E-state index < -0.39 is 15.7 Å². The predicted octanol–water partition coefficient (Wildman–Crippen LogP) is 2.93. The van der Waals surface area contributed by atoms with Crippen molar-refractivity contribution in [1.29, 1.82) is 0 Å². The van der Waals surface area contributed by atoms with E-state index in [1.54, 1.807) is 49.1 Å². The third-order valence-corrected chi connectivity index (χ3v) is 7.36. The Morgan fingerprint density at radius 1 is 1.17 bits per heavy atom. The second-order valence-electron chi connectivity index (χ2n) is 8.21. The van der Waals surface area contributed by atoms with E-state index in [1.165, 1.54) is 4.52 Å². The maximum absolute atomic E-state index is 12.0. The van der Waals surface area contributed by atoms with Crippen LogP contribution in [0.2, 0.25) is 5.02 Å². The monoisotopic (exact) mass is 509 g/mol. The number of carbonyl (C=O) groups is 1. The number of hydrogen-bond acceptors (Lipinski definition) is 7. The molecule has 4 aromatic heterocycles. The third kappa shape index (κ3) is 3.78. The minimum Gasteiger partial charge on any atom is -0.381 e. The van der Waals surface area contributed by atoms with Crippen LogP contribution < -0.4 is 11.5 Å². The molecule has 12 heteroatoms. The third-order valence-electron chi connectivity index (χ3n) is 5.93. The Hall–Kier alpha value is -3.96. The zero-order chi connectivity index (χ0) is 25.1. The molecule has 5 aromatic rings. The largest absolute Gasteiger partial charge is 0.381 e. The summed E-state index contributed by atoms with van der Waals surface area (Å²) in [7, 11) is -3.35. The Morgan fingerprint density at radius 2 is 1.89 bits per heavy atom. The average molecular weight is 510 g/mol. The fourth-order valence-electron chi connectivity index (χ4n) is 4.16. The van der Waals surface area contributed by atoms with Crippen molar-refractivity contribution in [2.24, 2.45) is 5.73 Å². The molecule has 35 heavy (non-hydrogen) atoms. The molecule has 1 unspecified atom stereocenters. The number of rotatable bonds is 5. The van der Waals surface area contributed by atoms with Gasteiger partial charge >= 0.3 is 0 Å². The lowest BCUT2D eigenvalue weighted by molar-refractivity contribution is 0.100. The van der Waals surface area contributed by atoms with Gasteiger partial charge < -0.3 is 11.5 Å². The number of primary amides is 1. The number of pyridine rings is 1. The van der Waals surface area contributed by atoms with Gasteiger partial charge in [0, 0.05) is 18.4 Å². The van der Waals surface area contributed by atoms with Crippen molar-refractivity contribution >= 4 is 44.3 Å². The Labute approximate surface area is 205 Å². The van der Waals surface area contributed by atoms with Crippen LogP contribution in [-0.4, -0.2) is 44.6 Å². The number of nitrogens with zero attached hydrogens (tertiary/aromatic N) is 5. The lowest BCUT2D eigenvalue weighted by Gasteiger charge is -2.19. The van der Waals surface area contributed by atoms with Crippen LogP contribution >= 0.6 is 11.6 Å². The van der Waals surface area contributed by atoms with Gasteiger partial charge in [-0.1, -0.05) is 30.7 Å². The van der Waals surface area contributed by atoms with E-state index in [0.29, 0.717) is 16.2 Å². The SMILES string of the molecule is CC(c1ccn2nc(N)c(C(N)=O)c2n1)c1cc(Cl)c2cncn2c1-c1ccc(S(C)(=O)=O)cc1. The molecule has 1 atom stereocenters. The fourth-order valence-corrected chi connectivity index (χ4v) is 5.05. The lowest BCUT2D eigenvalue weighted by Crippen LogP contribution is -2.13. The summed E-state index contributed by atoms with van der Waals surface area (Å²) in [5, 5.41) is 4.59. The molecule has 0 radical (unpaired) electrons. The molecule has 10 nitrogen and oxygen atoms in total. The number of benzene rings is 1. The maximum atomic E-state index is 12.0. The summed E-state index contributed by atoms with van der Waals surface area (Å²) in [6.07, 6.45) is 6.13. The van der Waals surface area contributed by atoms with Crippen molar-refractivity contribution in [1.82, 2.24) is 24.0 Å². The van der Waals surface area contributed by atoms with Gasteiger partial charge in [-0.2, -0.15) is 0 Å². The van der Waals surface area contributed by atoms with Gasteiger partial charge in [-0.05, 0) is 35.4 Å². The molecule has 178 valence electrons. The zero-order valence-electron chi connectivity index (χ0n) is 18.7. The highest BCUT2D eigenvalue weighted by Gasteiger charge is 2.23. The number of sulfone groups is 1. The van der Waals surface area contributed by atoms with Crippen LogP contribution in [-0.2, 0) is 9.84 Å². The number of hydrogen-bond donors (Lipinski definition) is 2. The van der Waals surface area contributed by atoms with Crippen molar-refractivity contribution in [2.45, 2.75) is 17.7 Å². The highest BCUT2D eigenvalue weighted by atomic mass is 35.5. The van der Waals surface area contributed by atoms with E-state index in [1.807, 2.05) is 17.4 Å². The van der Waals surface area contributed by atoms with E-state index in [2.05, 4.69) is 15.1 Å². The summed E-state index contributed by atoms with van der Waals surface area (Å²) >= 11 is 6.59. The van der Waals surface area contributed by atoms with Crippen molar-refractivity contribution in [3.63, 3.8) is 0 Å². The second kappa shape index (κ2) is 8.07. The Morgan fingerprint density at radius 3 is 2.54 bits per heavy atom. The summed E-state index contributed by atoms with van der Waals surface area (Å²) in [4.78, 5) is 21.0. The van der Waals surface area contributed by atoms with E-state index in [0.717, 1.165) is 23.1 Å². The molecule has 0 aliphatic rings. The number of nitrogen functional groups attached to an aromatic ring is 1. The Balaban J connectivity index is 1.72. The minimum atomic E-state index is -3.35. The van der Waals surface area contributed by atoms with Crippen LogP contribution in [0.15, 0.2) is 60.0 Å². The first-order valence-electron chi connectivity index (χ1n) is 10.5. The minimum absolute atomic E-state index is 0.00402. The molecule has 0 saturated heterocycles. The molecule has 4 heterocycles. The molecular formula is C23H20ClN7O3S. The average Bonchev–Trinajstić information content (AvgIpc) is 3.41. The summed E-state index contributed by atoms with van der Waals surface area (Å²) < 4.78 is 27.2. The molecule has 4 N–H and O–H groups in total. The number of halogens is 1. The second-order valence-corrected chi connectivity index (χ2v) is 10.6. The fraction of sp³-hybridized carbons (Fsp3) is 0.130. The first-order valence-corrected chi connectivity index (χ1v) is 12.7. The van der Waals surface area contributed by atoms with Crippen molar-refractivity contribution in [3.05, 3.63) is 77.0 Å². The molecule has 1 aromatic carbocycles. The van der Waals surface area contributed by atoms with Crippen LogP contribution in [0, 0.1) is 0 Å². The van der Waals surface area contributed by atoms with Gasteiger partial charge in [0.05, 0.1) is 39.3 Å². The van der Waals surface area contributed by atoms with E-state index in [4.69, 9.17) is 23.1 Å². The molecule has 0 aliphatic heterocycles. The number of carbonyl (C=O) groups excluding carboxylic acids is 1. The summed E-state index contributed by atoms with van der Waals surface area (Å²) in [6, 6.07) is 10.2. The van der Waals surface area contributed by atoms with Crippen LogP contribution in [0.3, 0.4) is 0 Å². The molecule has 0 saturated carbocycles. The number of amides is 1. The van der Waals surface area contributed by atoms with Crippen molar-refractivity contribution < 1.29 is 13.2 Å². The Kier molecular flexibility index (Phi) is 5.26. The first kappa shape index (κ1) is 22.8. The standard InChI is InChI=1S/C23H20ClN7O3S/c1-12(17-7-8-31-23(28-17)19(22(26)32)21(25)29-31)15-9-16(24)18-10-27-11-30(18)20(15)13-3-5-14(6-4-13)35(2,33)34/h3-12H,1-2H3,(H2,25,29)(H2,26,32). The number of imidazole rings is 1. The van der Waals surface area contributed by atoms with Crippen LogP contribution in [0.25, 0.3) is 22.4 Å². The maximum Gasteiger partial charge on any atom is 0.256 e. The molecule has 0 bridgehead atoms. The lowest BCUT2D eigenvalue weighted by atomic mass is 9.92. The van der Waals surface area contributed by atoms with Crippen LogP contribution in [0.5, 0.6) is 0 Å². The topological polar surface area (TPSA) is 151 Å². The molecule has 5 rings (SSSR count). The normalized spacial score (nSPS) is 12.9. The van der Waals surface area contributed by atoms with Gasteiger partial charge in [0.1, 0.15) is 5.56 Å². The number of nitrogens with two attached hydrogens (primary N) is 2. The van der Waals surface area contributed by atoms with E-state index in [-0.39, 0.29) is 27.8 Å². The van der Waals surface area contributed by atoms with Crippen LogP contribution in [0.1, 0.15) is 34.5 Å². The number of anilines is 1. The number of fused-ring (bicyclic) bond motifs is 2.